The van der Waals surface area contributed by atoms with E-state index in [0.717, 1.165) is 0 Å². The minimum atomic E-state index is -3.40. The summed E-state index contributed by atoms with van der Waals surface area (Å²) in [5.41, 5.74) is -0.117. The number of carboxylic acid groups (broad SMARTS) is 1. The van der Waals surface area contributed by atoms with Gasteiger partial charge in [0, 0.05) is 5.71 Å². The first-order valence-electron chi connectivity index (χ1n) is 3.12. The van der Waals surface area contributed by atoms with Crippen LogP contribution in [0.5, 0.6) is 0 Å². The van der Waals surface area contributed by atoms with Crippen molar-refractivity contribution in [2.24, 2.45) is 4.99 Å². The fraction of sp³-hybridized carbons (Fsp3) is 0.333. The molecule has 0 fully saturated rings. The van der Waals surface area contributed by atoms with Crippen molar-refractivity contribution >= 4 is 21.5 Å². The van der Waals surface area contributed by atoms with Crippen LogP contribution in [-0.2, 0) is 14.6 Å². The Balaban J connectivity index is 3.18. The maximum Gasteiger partial charge on any atom is 0.355 e. The highest BCUT2D eigenvalue weighted by molar-refractivity contribution is 7.95. The average molecular weight is 189 g/mol. The molecule has 0 aromatic heterocycles. The van der Waals surface area contributed by atoms with Gasteiger partial charge in [0.2, 0.25) is 0 Å². The third-order valence-electron chi connectivity index (χ3n) is 1.23. The van der Waals surface area contributed by atoms with Crippen molar-refractivity contribution in [3.05, 3.63) is 11.1 Å². The molecule has 66 valence electrons. The standard InChI is InChI=1S/C6H7NO4S/c1-4-2-12(10,11)3-5(7-4)6(8)9/h3H,2H2,1H3,(H,8,9). The molecule has 0 aromatic rings. The van der Waals surface area contributed by atoms with E-state index in [1.165, 1.54) is 6.92 Å². The maximum absolute atomic E-state index is 11.0. The van der Waals surface area contributed by atoms with Crippen LogP contribution >= 0.6 is 0 Å². The summed E-state index contributed by atoms with van der Waals surface area (Å²) in [6.45, 7) is 1.48. The predicted molar refractivity (Wildman–Crippen MR) is 42.6 cm³/mol. The van der Waals surface area contributed by atoms with Crippen LogP contribution in [0.1, 0.15) is 6.92 Å². The summed E-state index contributed by atoms with van der Waals surface area (Å²) in [6, 6.07) is 0. The van der Waals surface area contributed by atoms with Gasteiger partial charge in [-0.25, -0.2) is 18.2 Å². The zero-order valence-electron chi connectivity index (χ0n) is 6.31. The molecule has 0 spiro atoms. The van der Waals surface area contributed by atoms with Crippen molar-refractivity contribution in [3.8, 4) is 0 Å². The van der Waals surface area contributed by atoms with Crippen LogP contribution in [0.3, 0.4) is 0 Å². The summed E-state index contributed by atoms with van der Waals surface area (Å²) in [6.07, 6.45) is 0. The molecule has 1 N–H and O–H groups in total. The first-order valence-corrected chi connectivity index (χ1v) is 4.84. The van der Waals surface area contributed by atoms with E-state index in [-0.39, 0.29) is 5.75 Å². The Morgan fingerprint density at radius 2 is 2.25 bits per heavy atom. The molecule has 1 rings (SSSR count). The van der Waals surface area contributed by atoms with E-state index in [0.29, 0.717) is 11.1 Å². The number of sulfone groups is 1. The lowest BCUT2D eigenvalue weighted by atomic mass is 10.4. The molecular formula is C6H7NO4S. The van der Waals surface area contributed by atoms with Gasteiger partial charge in [-0.1, -0.05) is 0 Å². The molecule has 6 heteroatoms. The first-order chi connectivity index (χ1) is 5.41. The number of rotatable bonds is 1. The minimum absolute atomic E-state index is 0.191. The molecule has 0 aromatic carbocycles. The molecule has 0 bridgehead atoms. The van der Waals surface area contributed by atoms with Gasteiger partial charge in [-0.15, -0.1) is 0 Å². The van der Waals surface area contributed by atoms with Crippen LogP contribution < -0.4 is 0 Å². The van der Waals surface area contributed by atoms with Gasteiger partial charge in [0.05, 0.1) is 11.2 Å². The smallest absolute Gasteiger partial charge is 0.355 e. The average Bonchev–Trinajstić information content (AvgIpc) is 1.82. The lowest BCUT2D eigenvalue weighted by Gasteiger charge is -2.06. The Kier molecular flexibility index (Phi) is 2.01. The fourth-order valence-electron chi connectivity index (χ4n) is 0.865. The van der Waals surface area contributed by atoms with Crippen molar-refractivity contribution < 1.29 is 18.3 Å². The Bertz CT molecular complexity index is 376. The lowest BCUT2D eigenvalue weighted by molar-refractivity contribution is -0.132. The molecule has 1 aliphatic heterocycles. The topological polar surface area (TPSA) is 83.8 Å². The zero-order chi connectivity index (χ0) is 9.35. The number of aliphatic carboxylic acids is 1. The summed E-state index contributed by atoms with van der Waals surface area (Å²) in [5.74, 6) is -1.51. The fourth-order valence-corrected chi connectivity index (χ4v) is 2.09. The molecule has 0 saturated heterocycles. The summed E-state index contributed by atoms with van der Waals surface area (Å²) in [5, 5.41) is 9.13. The van der Waals surface area contributed by atoms with Gasteiger partial charge < -0.3 is 5.11 Å². The molecule has 0 aliphatic carbocycles. The van der Waals surface area contributed by atoms with Crippen molar-refractivity contribution in [1.82, 2.24) is 0 Å². The summed E-state index contributed by atoms with van der Waals surface area (Å²) < 4.78 is 21.9. The molecule has 1 heterocycles. The SMILES string of the molecule is CC1=NC(C(=O)O)=CS(=O)(=O)C1. The number of hydrogen-bond donors (Lipinski definition) is 1. The van der Waals surface area contributed by atoms with Gasteiger partial charge in [0.1, 0.15) is 0 Å². The highest BCUT2D eigenvalue weighted by Gasteiger charge is 2.20. The molecule has 0 unspecified atom stereocenters. The second-order valence-corrected chi connectivity index (χ2v) is 4.31. The lowest BCUT2D eigenvalue weighted by Crippen LogP contribution is -2.18. The zero-order valence-corrected chi connectivity index (χ0v) is 7.13. The van der Waals surface area contributed by atoms with Crippen molar-refractivity contribution in [3.63, 3.8) is 0 Å². The minimum Gasteiger partial charge on any atom is -0.476 e. The monoisotopic (exact) mass is 189 g/mol. The number of nitrogens with zero attached hydrogens (tertiary/aromatic N) is 1. The van der Waals surface area contributed by atoms with Gasteiger partial charge in [0.25, 0.3) is 0 Å². The molecule has 0 saturated carbocycles. The van der Waals surface area contributed by atoms with Crippen LogP contribution in [0, 0.1) is 0 Å². The van der Waals surface area contributed by atoms with Gasteiger partial charge in [-0.05, 0) is 6.92 Å². The highest BCUT2D eigenvalue weighted by atomic mass is 32.2. The van der Waals surface area contributed by atoms with Crippen molar-refractivity contribution in [1.29, 1.82) is 0 Å². The molecule has 12 heavy (non-hydrogen) atoms. The summed E-state index contributed by atoms with van der Waals surface area (Å²) in [4.78, 5) is 13.9. The van der Waals surface area contributed by atoms with Crippen molar-refractivity contribution in [2.75, 3.05) is 5.75 Å². The van der Waals surface area contributed by atoms with Crippen LogP contribution in [-0.4, -0.2) is 31.0 Å². The van der Waals surface area contributed by atoms with E-state index in [9.17, 15) is 13.2 Å². The second kappa shape index (κ2) is 2.71. The number of hydrogen-bond acceptors (Lipinski definition) is 4. The van der Waals surface area contributed by atoms with Gasteiger partial charge >= 0.3 is 5.97 Å². The summed E-state index contributed by atoms with van der Waals surface area (Å²) in [7, 11) is -3.40. The van der Waals surface area contributed by atoms with E-state index in [4.69, 9.17) is 5.11 Å². The van der Waals surface area contributed by atoms with Gasteiger partial charge in [-0.2, -0.15) is 0 Å². The van der Waals surface area contributed by atoms with Crippen LogP contribution in [0.15, 0.2) is 16.1 Å². The highest BCUT2D eigenvalue weighted by Crippen LogP contribution is 2.10. The Morgan fingerprint density at radius 3 is 2.67 bits per heavy atom. The largest absolute Gasteiger partial charge is 0.476 e. The predicted octanol–water partition coefficient (Wildman–Crippen LogP) is -0.198. The second-order valence-electron chi connectivity index (χ2n) is 2.46. The Morgan fingerprint density at radius 1 is 1.67 bits per heavy atom. The normalized spacial score (nSPS) is 21.1. The van der Waals surface area contributed by atoms with E-state index < -0.39 is 21.5 Å². The number of carbonyl (C=O) groups is 1. The summed E-state index contributed by atoms with van der Waals surface area (Å²) >= 11 is 0. The molecule has 0 radical (unpaired) electrons. The Hall–Kier alpha value is -1.17. The third-order valence-corrected chi connectivity index (χ3v) is 2.63. The van der Waals surface area contributed by atoms with Gasteiger partial charge in [0.15, 0.2) is 15.5 Å². The molecule has 5 nitrogen and oxygen atoms in total. The third kappa shape index (κ3) is 1.91. The van der Waals surface area contributed by atoms with Crippen LogP contribution in [0.4, 0.5) is 0 Å². The quantitative estimate of drug-likeness (QED) is 0.619. The molecule has 0 amide bonds. The van der Waals surface area contributed by atoms with Crippen LogP contribution in [0.2, 0.25) is 0 Å². The first kappa shape index (κ1) is 8.92. The van der Waals surface area contributed by atoms with E-state index >= 15 is 0 Å². The number of carboxylic acids is 1. The molecule has 0 atom stereocenters. The Labute approximate surface area is 69.3 Å². The number of aliphatic imine (C=N–C) groups is 1. The van der Waals surface area contributed by atoms with E-state index in [2.05, 4.69) is 4.99 Å². The molecular weight excluding hydrogens is 182 g/mol. The van der Waals surface area contributed by atoms with E-state index in [1.54, 1.807) is 0 Å². The van der Waals surface area contributed by atoms with Gasteiger partial charge in [-0.3, -0.25) is 0 Å². The maximum atomic E-state index is 11.0. The van der Waals surface area contributed by atoms with Crippen LogP contribution in [0.25, 0.3) is 0 Å². The molecule has 1 aliphatic rings. The van der Waals surface area contributed by atoms with Crippen molar-refractivity contribution in [2.45, 2.75) is 6.92 Å². The van der Waals surface area contributed by atoms with E-state index in [1.807, 2.05) is 0 Å².